The zero-order chi connectivity index (χ0) is 17.9. The number of fused-ring (bicyclic) bond motifs is 1. The minimum atomic E-state index is -3.14. The Hall–Kier alpha value is -1.71. The molecule has 9 heteroatoms. The minimum absolute atomic E-state index is 0.0606. The van der Waals surface area contributed by atoms with Crippen LogP contribution in [0.5, 0.6) is 0 Å². The van der Waals surface area contributed by atoms with E-state index in [1.54, 1.807) is 13.1 Å². The van der Waals surface area contributed by atoms with Crippen LogP contribution in [-0.4, -0.2) is 54.0 Å². The van der Waals surface area contributed by atoms with Crippen LogP contribution in [0.15, 0.2) is 29.2 Å². The Morgan fingerprint density at radius 2 is 1.92 bits per heavy atom. The van der Waals surface area contributed by atoms with Gasteiger partial charge in [0.15, 0.2) is 9.84 Å². The van der Waals surface area contributed by atoms with Crippen LogP contribution in [0.2, 0.25) is 0 Å². The minimum Gasteiger partial charge on any atom is -0.311 e. The number of anilines is 1. The fourth-order valence-electron chi connectivity index (χ4n) is 3.41. The zero-order valence-electron chi connectivity index (χ0n) is 13.3. The monoisotopic (exact) mass is 394 g/mol. The molecule has 2 saturated heterocycles. The van der Waals surface area contributed by atoms with Gasteiger partial charge in [-0.3, -0.25) is 14.5 Å². The summed E-state index contributed by atoms with van der Waals surface area (Å²) in [6.45, 7) is 0. The van der Waals surface area contributed by atoms with Crippen molar-refractivity contribution in [3.05, 3.63) is 34.7 Å². The first kappa shape index (κ1) is 16.7. The smallest absolute Gasteiger partial charge is 0.267 e. The molecule has 3 aliphatic rings. The molecule has 130 valence electrons. The van der Waals surface area contributed by atoms with Crippen LogP contribution >= 0.6 is 24.0 Å². The maximum Gasteiger partial charge on any atom is 0.267 e. The average molecular weight is 394 g/mol. The highest BCUT2D eigenvalue weighted by Gasteiger charge is 2.45. The van der Waals surface area contributed by atoms with Crippen molar-refractivity contribution in [2.75, 3.05) is 23.5 Å². The molecule has 0 aromatic heterocycles. The number of likely N-dealkylation sites (N-methyl/N-ethyl adjacent to an activating group) is 1. The maximum atomic E-state index is 13.0. The first-order valence-electron chi connectivity index (χ1n) is 7.67. The Morgan fingerprint density at radius 1 is 1.20 bits per heavy atom. The Kier molecular flexibility index (Phi) is 3.78. The predicted molar refractivity (Wildman–Crippen MR) is 101 cm³/mol. The molecule has 0 aliphatic carbocycles. The lowest BCUT2D eigenvalue weighted by molar-refractivity contribution is -0.123. The summed E-state index contributed by atoms with van der Waals surface area (Å²) in [6, 6.07) is 6.83. The maximum absolute atomic E-state index is 13.0. The Morgan fingerprint density at radius 3 is 2.60 bits per heavy atom. The molecule has 0 spiro atoms. The van der Waals surface area contributed by atoms with Crippen molar-refractivity contribution < 1.29 is 18.0 Å². The van der Waals surface area contributed by atoms with Gasteiger partial charge in [-0.1, -0.05) is 42.2 Å². The molecule has 0 radical (unpaired) electrons. The zero-order valence-corrected chi connectivity index (χ0v) is 15.7. The van der Waals surface area contributed by atoms with E-state index in [0.29, 0.717) is 21.9 Å². The van der Waals surface area contributed by atoms with Crippen molar-refractivity contribution in [1.82, 2.24) is 4.90 Å². The van der Waals surface area contributed by atoms with E-state index in [1.807, 2.05) is 18.2 Å². The highest BCUT2D eigenvalue weighted by atomic mass is 32.2. The van der Waals surface area contributed by atoms with Gasteiger partial charge in [0.25, 0.3) is 11.8 Å². The van der Waals surface area contributed by atoms with E-state index in [4.69, 9.17) is 12.2 Å². The molecule has 2 amide bonds. The molecule has 0 bridgehead atoms. The van der Waals surface area contributed by atoms with Crippen LogP contribution in [0.4, 0.5) is 5.69 Å². The fraction of sp³-hybridized carbons (Fsp3) is 0.312. The van der Waals surface area contributed by atoms with Gasteiger partial charge in [0.05, 0.1) is 33.7 Å². The molecular weight excluding hydrogens is 380 g/mol. The quantitative estimate of drug-likeness (QED) is 0.530. The topological polar surface area (TPSA) is 74.8 Å². The number of rotatable bonds is 1. The summed E-state index contributed by atoms with van der Waals surface area (Å²) in [5.74, 6) is -0.635. The van der Waals surface area contributed by atoms with Crippen LogP contribution < -0.4 is 4.90 Å². The van der Waals surface area contributed by atoms with E-state index < -0.39 is 15.9 Å². The number of thioether (sulfide) groups is 1. The number of benzene rings is 1. The van der Waals surface area contributed by atoms with Gasteiger partial charge in [0.1, 0.15) is 4.32 Å². The highest BCUT2D eigenvalue weighted by Crippen LogP contribution is 2.45. The third-order valence-electron chi connectivity index (χ3n) is 4.65. The molecule has 25 heavy (non-hydrogen) atoms. The first-order valence-corrected chi connectivity index (χ1v) is 10.7. The molecule has 1 atom stereocenters. The fourth-order valence-corrected chi connectivity index (χ4v) is 6.59. The average Bonchev–Trinajstić information content (AvgIpc) is 3.14. The lowest BCUT2D eigenvalue weighted by atomic mass is 10.1. The second kappa shape index (κ2) is 5.65. The lowest BCUT2D eigenvalue weighted by Gasteiger charge is -2.21. The van der Waals surface area contributed by atoms with Crippen molar-refractivity contribution in [3.63, 3.8) is 0 Å². The number of para-hydroxylation sites is 1. The van der Waals surface area contributed by atoms with Crippen molar-refractivity contribution in [1.29, 1.82) is 0 Å². The van der Waals surface area contributed by atoms with Crippen LogP contribution in [-0.2, 0) is 19.4 Å². The van der Waals surface area contributed by atoms with Gasteiger partial charge in [-0.05, 0) is 12.5 Å². The summed E-state index contributed by atoms with van der Waals surface area (Å²) in [4.78, 5) is 28.8. The molecule has 4 rings (SSSR count). The SMILES string of the molecule is CN1C(=O)/C(=C2/SC(=S)N([C@@H]3CCS(=O)(=O)C3)C2=O)c2ccccc21. The Labute approximate surface area is 154 Å². The predicted octanol–water partition coefficient (Wildman–Crippen LogP) is 1.42. The summed E-state index contributed by atoms with van der Waals surface area (Å²) in [5.41, 5.74) is 1.80. The van der Waals surface area contributed by atoms with Crippen molar-refractivity contribution in [2.24, 2.45) is 0 Å². The van der Waals surface area contributed by atoms with E-state index in [2.05, 4.69) is 0 Å². The summed E-state index contributed by atoms with van der Waals surface area (Å²) in [5, 5.41) is 0. The standard InChI is InChI=1S/C16H14N2O4S3/c1-17-11-5-3-2-4-10(11)12(14(17)19)13-15(20)18(16(23)24-13)9-6-7-25(21,22)8-9/h2-5,9H,6-8H2,1H3/b13-12+/t9-/m1/s1. The number of nitrogens with zero attached hydrogens (tertiary/aromatic N) is 2. The van der Waals surface area contributed by atoms with Crippen molar-refractivity contribution in [2.45, 2.75) is 12.5 Å². The number of hydrogen-bond acceptors (Lipinski definition) is 6. The second-order valence-corrected chi connectivity index (χ2v) is 10.1. The van der Waals surface area contributed by atoms with E-state index in [1.165, 1.54) is 9.80 Å². The summed E-state index contributed by atoms with van der Waals surface area (Å²) >= 11 is 6.40. The van der Waals surface area contributed by atoms with Gasteiger partial charge in [-0.25, -0.2) is 8.42 Å². The van der Waals surface area contributed by atoms with Gasteiger partial charge in [-0.2, -0.15) is 0 Å². The summed E-state index contributed by atoms with van der Waals surface area (Å²) in [6.07, 6.45) is 0.377. The largest absolute Gasteiger partial charge is 0.311 e. The Bertz CT molecular complexity index is 967. The molecule has 1 aromatic rings. The van der Waals surface area contributed by atoms with Gasteiger partial charge in [-0.15, -0.1) is 0 Å². The van der Waals surface area contributed by atoms with Gasteiger partial charge < -0.3 is 4.90 Å². The second-order valence-electron chi connectivity index (χ2n) is 6.19. The number of carbonyl (C=O) groups is 2. The van der Waals surface area contributed by atoms with Crippen LogP contribution in [0.1, 0.15) is 12.0 Å². The summed E-state index contributed by atoms with van der Waals surface area (Å²) < 4.78 is 23.8. The highest BCUT2D eigenvalue weighted by molar-refractivity contribution is 8.26. The van der Waals surface area contributed by atoms with E-state index >= 15 is 0 Å². The molecule has 2 fully saturated rings. The molecule has 0 N–H and O–H groups in total. The number of thiocarbonyl (C=S) groups is 1. The van der Waals surface area contributed by atoms with E-state index in [-0.39, 0.29) is 28.2 Å². The normalized spacial score (nSPS) is 28.2. The molecular formula is C16H14N2O4S3. The number of amides is 2. The molecule has 3 heterocycles. The lowest BCUT2D eigenvalue weighted by Crippen LogP contribution is -2.39. The summed E-state index contributed by atoms with van der Waals surface area (Å²) in [7, 11) is -1.47. The third-order valence-corrected chi connectivity index (χ3v) is 7.80. The van der Waals surface area contributed by atoms with Gasteiger partial charge >= 0.3 is 0 Å². The van der Waals surface area contributed by atoms with Crippen molar-refractivity contribution >= 4 is 61.2 Å². The van der Waals surface area contributed by atoms with E-state index in [0.717, 1.165) is 17.4 Å². The van der Waals surface area contributed by atoms with Crippen LogP contribution in [0.25, 0.3) is 5.57 Å². The molecule has 3 aliphatic heterocycles. The number of hydrogen-bond donors (Lipinski definition) is 0. The molecule has 1 aromatic carbocycles. The van der Waals surface area contributed by atoms with Crippen molar-refractivity contribution in [3.8, 4) is 0 Å². The molecule has 6 nitrogen and oxygen atoms in total. The van der Waals surface area contributed by atoms with Gasteiger partial charge in [0, 0.05) is 12.6 Å². The third kappa shape index (κ3) is 2.52. The molecule has 0 saturated carbocycles. The van der Waals surface area contributed by atoms with Crippen LogP contribution in [0, 0.1) is 0 Å². The Balaban J connectivity index is 1.78. The first-order chi connectivity index (χ1) is 11.8. The molecule has 0 unspecified atom stereocenters. The van der Waals surface area contributed by atoms with Crippen LogP contribution in [0.3, 0.4) is 0 Å². The number of sulfone groups is 1. The van der Waals surface area contributed by atoms with Gasteiger partial charge in [0.2, 0.25) is 0 Å². The van der Waals surface area contributed by atoms with E-state index in [9.17, 15) is 18.0 Å². The number of carbonyl (C=O) groups excluding carboxylic acids is 2.